The van der Waals surface area contributed by atoms with Crippen molar-refractivity contribution >= 4 is 0 Å². The monoisotopic (exact) mass is 283 g/mol. The lowest BCUT2D eigenvalue weighted by Crippen LogP contribution is -2.42. The fourth-order valence-corrected chi connectivity index (χ4v) is 3.06. The van der Waals surface area contributed by atoms with E-state index in [0.29, 0.717) is 18.4 Å². The van der Waals surface area contributed by atoms with Gasteiger partial charge in [-0.2, -0.15) is 0 Å². The molecule has 110 valence electrons. The largest absolute Gasteiger partial charge is 0.508 e. The van der Waals surface area contributed by atoms with E-state index in [1.54, 1.807) is 12.1 Å². The summed E-state index contributed by atoms with van der Waals surface area (Å²) in [5.41, 5.74) is 1.05. The van der Waals surface area contributed by atoms with Gasteiger partial charge >= 0.3 is 0 Å². The van der Waals surface area contributed by atoms with Crippen LogP contribution in [0.2, 0.25) is 0 Å². The summed E-state index contributed by atoms with van der Waals surface area (Å²) in [5, 5.41) is 20.8. The maximum atomic E-state index is 10.8. The molecule has 1 aliphatic rings. The second-order valence-electron chi connectivity index (χ2n) is 5.81. The summed E-state index contributed by atoms with van der Waals surface area (Å²) in [5.74, 6) is 0.191. The predicted molar refractivity (Wildman–Crippen MR) is 83.0 cm³/mol. The number of phenolic OH excluding ortho intramolecular Hbond substituents is 1. The van der Waals surface area contributed by atoms with Crippen molar-refractivity contribution in [2.24, 2.45) is 0 Å². The number of nitrogens with zero attached hydrogens (tertiary/aromatic N) is 1. The van der Waals surface area contributed by atoms with Crippen LogP contribution in [0.4, 0.5) is 0 Å². The number of aliphatic hydroxyl groups is 1. The number of rotatable bonds is 3. The van der Waals surface area contributed by atoms with Crippen LogP contribution < -0.4 is 0 Å². The van der Waals surface area contributed by atoms with Crippen LogP contribution in [0.3, 0.4) is 0 Å². The highest BCUT2D eigenvalue weighted by atomic mass is 16.3. The number of para-hydroxylation sites is 1. The van der Waals surface area contributed by atoms with Crippen LogP contribution in [-0.4, -0.2) is 28.2 Å². The van der Waals surface area contributed by atoms with E-state index in [1.165, 1.54) is 5.56 Å². The molecule has 0 radical (unpaired) electrons. The summed E-state index contributed by atoms with van der Waals surface area (Å²) in [7, 11) is 0. The minimum absolute atomic E-state index is 0.191. The van der Waals surface area contributed by atoms with Gasteiger partial charge in [0.05, 0.1) is 5.60 Å². The van der Waals surface area contributed by atoms with Crippen molar-refractivity contribution in [2.45, 2.75) is 25.0 Å². The minimum atomic E-state index is -0.904. The molecule has 1 fully saturated rings. The lowest BCUT2D eigenvalue weighted by atomic mass is 9.84. The maximum absolute atomic E-state index is 10.8. The van der Waals surface area contributed by atoms with Crippen molar-refractivity contribution in [2.75, 3.05) is 13.1 Å². The summed E-state index contributed by atoms with van der Waals surface area (Å²) in [6.07, 6.45) is 1.30. The maximum Gasteiger partial charge on any atom is 0.121 e. The van der Waals surface area contributed by atoms with E-state index in [2.05, 4.69) is 29.2 Å². The molecule has 0 saturated carbocycles. The number of hydrogen-bond donors (Lipinski definition) is 2. The third-order valence-electron chi connectivity index (χ3n) is 4.34. The summed E-state index contributed by atoms with van der Waals surface area (Å²) in [4.78, 5) is 2.35. The molecule has 3 rings (SSSR count). The first-order valence-corrected chi connectivity index (χ1v) is 7.44. The molecule has 0 atom stereocenters. The highest BCUT2D eigenvalue weighted by Gasteiger charge is 2.35. The van der Waals surface area contributed by atoms with Gasteiger partial charge in [0.25, 0.3) is 0 Å². The lowest BCUT2D eigenvalue weighted by Gasteiger charge is -2.38. The highest BCUT2D eigenvalue weighted by Crippen LogP contribution is 2.37. The Bertz CT molecular complexity index is 589. The van der Waals surface area contributed by atoms with Gasteiger partial charge in [-0.3, -0.25) is 4.90 Å². The molecular weight excluding hydrogens is 262 g/mol. The first-order valence-electron chi connectivity index (χ1n) is 7.44. The number of aromatic hydroxyl groups is 1. The molecular formula is C18H21NO2. The molecule has 0 aromatic heterocycles. The van der Waals surface area contributed by atoms with Gasteiger partial charge in [0.1, 0.15) is 5.75 Å². The molecule has 1 heterocycles. The third-order valence-corrected chi connectivity index (χ3v) is 4.34. The quantitative estimate of drug-likeness (QED) is 0.910. The van der Waals surface area contributed by atoms with E-state index in [4.69, 9.17) is 0 Å². The van der Waals surface area contributed by atoms with Gasteiger partial charge in [0.15, 0.2) is 0 Å². The highest BCUT2D eigenvalue weighted by molar-refractivity contribution is 5.37. The van der Waals surface area contributed by atoms with Gasteiger partial charge in [-0.25, -0.2) is 0 Å². The van der Waals surface area contributed by atoms with Crippen LogP contribution in [0, 0.1) is 0 Å². The van der Waals surface area contributed by atoms with Gasteiger partial charge < -0.3 is 10.2 Å². The van der Waals surface area contributed by atoms with Gasteiger partial charge in [-0.15, -0.1) is 0 Å². The SMILES string of the molecule is Oc1ccccc1C1(O)CCN(Cc2ccccc2)CC1. The molecule has 21 heavy (non-hydrogen) atoms. The predicted octanol–water partition coefficient (Wildman–Crippen LogP) is 2.88. The zero-order valence-corrected chi connectivity index (χ0v) is 12.1. The van der Waals surface area contributed by atoms with E-state index in [9.17, 15) is 10.2 Å². The number of benzene rings is 2. The first-order chi connectivity index (χ1) is 10.2. The van der Waals surface area contributed by atoms with Crippen LogP contribution in [0.25, 0.3) is 0 Å². The Balaban J connectivity index is 1.66. The van der Waals surface area contributed by atoms with Crippen LogP contribution in [0.1, 0.15) is 24.0 Å². The van der Waals surface area contributed by atoms with Crippen molar-refractivity contribution in [3.63, 3.8) is 0 Å². The van der Waals surface area contributed by atoms with E-state index in [0.717, 1.165) is 19.6 Å². The molecule has 1 saturated heterocycles. The fraction of sp³-hybridized carbons (Fsp3) is 0.333. The molecule has 0 spiro atoms. The lowest BCUT2D eigenvalue weighted by molar-refractivity contribution is -0.0292. The molecule has 2 N–H and O–H groups in total. The molecule has 0 aliphatic carbocycles. The van der Waals surface area contributed by atoms with Crippen molar-refractivity contribution in [1.82, 2.24) is 4.90 Å². The number of hydrogen-bond acceptors (Lipinski definition) is 3. The summed E-state index contributed by atoms with van der Waals surface area (Å²) < 4.78 is 0. The third kappa shape index (κ3) is 3.09. The molecule has 1 aliphatic heterocycles. The zero-order valence-electron chi connectivity index (χ0n) is 12.1. The van der Waals surface area contributed by atoms with E-state index in [1.807, 2.05) is 18.2 Å². The summed E-state index contributed by atoms with van der Waals surface area (Å²) in [6.45, 7) is 2.58. The van der Waals surface area contributed by atoms with Crippen molar-refractivity contribution in [1.29, 1.82) is 0 Å². The topological polar surface area (TPSA) is 43.7 Å². The second-order valence-corrected chi connectivity index (χ2v) is 5.81. The van der Waals surface area contributed by atoms with Crippen LogP contribution in [-0.2, 0) is 12.1 Å². The summed E-state index contributed by atoms with van der Waals surface area (Å²) in [6, 6.07) is 17.5. The van der Waals surface area contributed by atoms with Crippen LogP contribution in [0.15, 0.2) is 54.6 Å². The molecule has 2 aromatic carbocycles. The fourth-order valence-electron chi connectivity index (χ4n) is 3.06. The molecule has 0 unspecified atom stereocenters. The first kappa shape index (κ1) is 14.1. The zero-order chi connectivity index (χ0) is 14.7. The van der Waals surface area contributed by atoms with Crippen molar-refractivity contribution in [3.8, 4) is 5.75 Å². The Morgan fingerprint density at radius 1 is 0.905 bits per heavy atom. The number of piperidine rings is 1. The van der Waals surface area contributed by atoms with Crippen molar-refractivity contribution in [3.05, 3.63) is 65.7 Å². The van der Waals surface area contributed by atoms with Crippen molar-refractivity contribution < 1.29 is 10.2 Å². The van der Waals surface area contributed by atoms with E-state index < -0.39 is 5.60 Å². The van der Waals surface area contributed by atoms with Gasteiger partial charge in [-0.1, -0.05) is 48.5 Å². The Morgan fingerprint density at radius 2 is 1.52 bits per heavy atom. The number of likely N-dealkylation sites (tertiary alicyclic amines) is 1. The van der Waals surface area contributed by atoms with Gasteiger partial charge in [-0.05, 0) is 24.5 Å². The van der Waals surface area contributed by atoms with Gasteiger partial charge in [0, 0.05) is 25.2 Å². The normalized spacial score (nSPS) is 18.5. The minimum Gasteiger partial charge on any atom is -0.508 e. The van der Waals surface area contributed by atoms with Crippen LogP contribution in [0.5, 0.6) is 5.75 Å². The summed E-state index contributed by atoms with van der Waals surface area (Å²) >= 11 is 0. The van der Waals surface area contributed by atoms with Crippen LogP contribution >= 0.6 is 0 Å². The molecule has 0 amide bonds. The Hall–Kier alpha value is -1.84. The second kappa shape index (κ2) is 5.88. The average Bonchev–Trinajstić information content (AvgIpc) is 2.51. The smallest absolute Gasteiger partial charge is 0.121 e. The Kier molecular flexibility index (Phi) is 3.95. The Morgan fingerprint density at radius 3 is 2.19 bits per heavy atom. The average molecular weight is 283 g/mol. The molecule has 2 aromatic rings. The standard InChI is InChI=1S/C18H21NO2/c20-17-9-5-4-8-16(17)18(21)10-12-19(13-11-18)14-15-6-2-1-3-7-15/h1-9,20-21H,10-14H2. The Labute approximate surface area is 125 Å². The molecule has 3 heteroatoms. The molecule has 0 bridgehead atoms. The molecule has 3 nitrogen and oxygen atoms in total. The number of phenols is 1. The van der Waals surface area contributed by atoms with E-state index in [-0.39, 0.29) is 5.75 Å². The van der Waals surface area contributed by atoms with Gasteiger partial charge in [0.2, 0.25) is 0 Å². The van der Waals surface area contributed by atoms with E-state index >= 15 is 0 Å².